The molecule has 10 heteroatoms. The Hall–Kier alpha value is -2.98. The summed E-state index contributed by atoms with van der Waals surface area (Å²) in [6.07, 6.45) is -0.955. The number of rotatable bonds is 10. The van der Waals surface area contributed by atoms with Crippen LogP contribution >= 0.6 is 0 Å². The van der Waals surface area contributed by atoms with Gasteiger partial charge >= 0.3 is 5.97 Å². The van der Waals surface area contributed by atoms with E-state index >= 15 is 0 Å². The zero-order chi connectivity index (χ0) is 21.3. The van der Waals surface area contributed by atoms with Crippen molar-refractivity contribution < 1.29 is 29.4 Å². The molecule has 4 unspecified atom stereocenters. The molecule has 0 saturated carbocycles. The largest absolute Gasteiger partial charge is 0.480 e. The number of aliphatic carboxylic acids is 1. The van der Waals surface area contributed by atoms with E-state index in [0.29, 0.717) is 0 Å². The highest BCUT2D eigenvalue weighted by Gasteiger charge is 2.25. The summed E-state index contributed by atoms with van der Waals surface area (Å²) in [7, 11) is 0. The number of benzene rings is 1. The van der Waals surface area contributed by atoms with Gasteiger partial charge in [0.15, 0.2) is 0 Å². The van der Waals surface area contributed by atoms with E-state index in [-0.39, 0.29) is 6.42 Å². The second-order valence-corrected chi connectivity index (χ2v) is 6.36. The van der Waals surface area contributed by atoms with Gasteiger partial charge in [-0.25, -0.2) is 0 Å². The average Bonchev–Trinajstić information content (AvgIpc) is 2.65. The van der Waals surface area contributed by atoms with Crippen LogP contribution in [-0.2, 0) is 25.6 Å². The summed E-state index contributed by atoms with van der Waals surface area (Å²) in [6.45, 7) is 2.19. The number of hydrogen-bond acceptors (Lipinski definition) is 6. The summed E-state index contributed by atoms with van der Waals surface area (Å²) in [5.41, 5.74) is 6.22. The highest BCUT2D eigenvalue weighted by Crippen LogP contribution is 2.04. The SMILES string of the molecule is CC(NC(=O)C(Cc1ccccc1)NC(=O)CNC(=O)C(N)C(C)O)C(=O)O. The third kappa shape index (κ3) is 7.72. The van der Waals surface area contributed by atoms with Gasteiger partial charge in [0.1, 0.15) is 18.1 Å². The lowest BCUT2D eigenvalue weighted by atomic mass is 10.0. The lowest BCUT2D eigenvalue weighted by molar-refractivity contribution is -0.141. The monoisotopic (exact) mass is 394 g/mol. The molecule has 0 aliphatic carbocycles. The normalized spacial score (nSPS) is 14.9. The number of aliphatic hydroxyl groups excluding tert-OH is 1. The first kappa shape index (κ1) is 23.1. The zero-order valence-corrected chi connectivity index (χ0v) is 15.7. The van der Waals surface area contributed by atoms with Gasteiger partial charge in [-0.3, -0.25) is 19.2 Å². The highest BCUT2D eigenvalue weighted by atomic mass is 16.4. The Labute approximate surface area is 162 Å². The molecule has 1 aromatic carbocycles. The molecule has 10 nitrogen and oxygen atoms in total. The second kappa shape index (κ2) is 11.0. The molecular weight excluding hydrogens is 368 g/mol. The topological polar surface area (TPSA) is 171 Å². The maximum absolute atomic E-state index is 12.4. The molecule has 0 bridgehead atoms. The summed E-state index contributed by atoms with van der Waals surface area (Å²) in [6, 6.07) is 5.49. The summed E-state index contributed by atoms with van der Waals surface area (Å²) >= 11 is 0. The van der Waals surface area contributed by atoms with Crippen molar-refractivity contribution in [1.82, 2.24) is 16.0 Å². The molecule has 0 spiro atoms. The fraction of sp³-hybridized carbons (Fsp3) is 0.444. The van der Waals surface area contributed by atoms with Crippen LogP contribution in [0.5, 0.6) is 0 Å². The maximum Gasteiger partial charge on any atom is 0.325 e. The standard InChI is InChI=1S/C18H26N4O6/c1-10(18(27)28)21-16(25)13(8-12-6-4-3-5-7-12)22-14(24)9-20-17(26)15(19)11(2)23/h3-7,10-11,13,15,23H,8-9,19H2,1-2H3,(H,20,26)(H,21,25)(H,22,24)(H,27,28). The summed E-state index contributed by atoms with van der Waals surface area (Å²) in [4.78, 5) is 47.2. The molecule has 154 valence electrons. The Kier molecular flexibility index (Phi) is 9.06. The average molecular weight is 394 g/mol. The minimum Gasteiger partial charge on any atom is -0.480 e. The van der Waals surface area contributed by atoms with Crippen molar-refractivity contribution in [3.05, 3.63) is 35.9 Å². The van der Waals surface area contributed by atoms with Crippen molar-refractivity contribution in [2.45, 2.75) is 44.5 Å². The number of aliphatic hydroxyl groups is 1. The van der Waals surface area contributed by atoms with E-state index in [1.165, 1.54) is 13.8 Å². The fourth-order valence-corrected chi connectivity index (χ4v) is 2.18. The highest BCUT2D eigenvalue weighted by molar-refractivity contribution is 5.92. The lowest BCUT2D eigenvalue weighted by Gasteiger charge is -2.21. The smallest absolute Gasteiger partial charge is 0.325 e. The van der Waals surface area contributed by atoms with Crippen LogP contribution in [0.2, 0.25) is 0 Å². The van der Waals surface area contributed by atoms with E-state index in [9.17, 15) is 24.3 Å². The number of amides is 3. The Morgan fingerprint density at radius 3 is 2.18 bits per heavy atom. The number of carbonyl (C=O) groups excluding carboxylic acids is 3. The van der Waals surface area contributed by atoms with Crippen LogP contribution in [-0.4, -0.2) is 64.7 Å². The molecule has 1 aromatic rings. The quantitative estimate of drug-likeness (QED) is 0.270. The Bertz CT molecular complexity index is 695. The van der Waals surface area contributed by atoms with Crippen LogP contribution < -0.4 is 21.7 Å². The molecule has 28 heavy (non-hydrogen) atoms. The summed E-state index contributed by atoms with van der Waals surface area (Å²) < 4.78 is 0. The van der Waals surface area contributed by atoms with Crippen LogP contribution in [0.15, 0.2) is 30.3 Å². The molecule has 1 rings (SSSR count). The predicted octanol–water partition coefficient (Wildman–Crippen LogP) is -1.87. The van der Waals surface area contributed by atoms with Gasteiger partial charge in [0.25, 0.3) is 0 Å². The molecule has 0 aromatic heterocycles. The van der Waals surface area contributed by atoms with E-state index in [1.807, 2.05) is 0 Å². The number of nitrogens with one attached hydrogen (secondary N) is 3. The van der Waals surface area contributed by atoms with E-state index in [0.717, 1.165) is 5.56 Å². The van der Waals surface area contributed by atoms with Crippen molar-refractivity contribution in [2.24, 2.45) is 5.73 Å². The first-order valence-electron chi connectivity index (χ1n) is 8.69. The number of carbonyl (C=O) groups is 4. The lowest BCUT2D eigenvalue weighted by Crippen LogP contribution is -2.54. The van der Waals surface area contributed by atoms with Crippen LogP contribution in [0.1, 0.15) is 19.4 Å². The van der Waals surface area contributed by atoms with Crippen molar-refractivity contribution in [1.29, 1.82) is 0 Å². The summed E-state index contributed by atoms with van der Waals surface area (Å²) in [5, 5.41) is 25.3. The molecule has 0 saturated heterocycles. The van der Waals surface area contributed by atoms with Gasteiger partial charge in [0, 0.05) is 6.42 Å². The van der Waals surface area contributed by atoms with Gasteiger partial charge in [-0.05, 0) is 19.4 Å². The second-order valence-electron chi connectivity index (χ2n) is 6.36. The Morgan fingerprint density at radius 1 is 1.04 bits per heavy atom. The molecule has 0 heterocycles. The van der Waals surface area contributed by atoms with Crippen molar-refractivity contribution >= 4 is 23.7 Å². The van der Waals surface area contributed by atoms with Crippen LogP contribution in [0.25, 0.3) is 0 Å². The van der Waals surface area contributed by atoms with Crippen LogP contribution in [0.4, 0.5) is 0 Å². The maximum atomic E-state index is 12.4. The van der Waals surface area contributed by atoms with Gasteiger partial charge in [0.2, 0.25) is 17.7 Å². The third-order valence-electron chi connectivity index (χ3n) is 3.91. The van der Waals surface area contributed by atoms with Gasteiger partial charge in [-0.1, -0.05) is 30.3 Å². The van der Waals surface area contributed by atoms with Crippen LogP contribution in [0, 0.1) is 0 Å². The van der Waals surface area contributed by atoms with Gasteiger partial charge in [0.05, 0.1) is 12.6 Å². The molecule has 0 fully saturated rings. The zero-order valence-electron chi connectivity index (χ0n) is 15.7. The van der Waals surface area contributed by atoms with Crippen molar-refractivity contribution in [2.75, 3.05) is 6.54 Å². The van der Waals surface area contributed by atoms with E-state index < -0.39 is 54.5 Å². The molecule has 0 aliphatic heterocycles. The minimum atomic E-state index is -1.21. The van der Waals surface area contributed by atoms with E-state index in [1.54, 1.807) is 30.3 Å². The van der Waals surface area contributed by atoms with Crippen molar-refractivity contribution in [3.63, 3.8) is 0 Å². The van der Waals surface area contributed by atoms with Gasteiger partial charge < -0.3 is 31.9 Å². The molecule has 4 atom stereocenters. The van der Waals surface area contributed by atoms with Gasteiger partial charge in [-0.15, -0.1) is 0 Å². The fourth-order valence-electron chi connectivity index (χ4n) is 2.18. The molecule has 3 amide bonds. The number of carboxylic acid groups (broad SMARTS) is 1. The molecule has 0 aliphatic rings. The molecular formula is C18H26N4O6. The Morgan fingerprint density at radius 2 is 1.64 bits per heavy atom. The van der Waals surface area contributed by atoms with Gasteiger partial charge in [-0.2, -0.15) is 0 Å². The first-order chi connectivity index (χ1) is 13.1. The minimum absolute atomic E-state index is 0.131. The molecule has 0 radical (unpaired) electrons. The van der Waals surface area contributed by atoms with E-state index in [2.05, 4.69) is 16.0 Å². The van der Waals surface area contributed by atoms with Crippen LogP contribution in [0.3, 0.4) is 0 Å². The number of nitrogens with two attached hydrogens (primary N) is 1. The summed E-state index contributed by atoms with van der Waals surface area (Å²) in [5.74, 6) is -3.25. The molecule has 7 N–H and O–H groups in total. The predicted molar refractivity (Wildman–Crippen MR) is 100.0 cm³/mol. The van der Waals surface area contributed by atoms with Crippen molar-refractivity contribution in [3.8, 4) is 0 Å². The number of carboxylic acids is 1. The number of hydrogen-bond donors (Lipinski definition) is 6. The van der Waals surface area contributed by atoms with E-state index in [4.69, 9.17) is 10.8 Å². The third-order valence-corrected chi connectivity index (χ3v) is 3.91. The first-order valence-corrected chi connectivity index (χ1v) is 8.69. The Balaban J connectivity index is 2.75.